The van der Waals surface area contributed by atoms with E-state index in [2.05, 4.69) is 5.32 Å². The van der Waals surface area contributed by atoms with Crippen LogP contribution < -0.4 is 15.8 Å². The number of sulfonamides is 1. The van der Waals surface area contributed by atoms with Crippen LogP contribution in [0, 0.1) is 6.92 Å². The van der Waals surface area contributed by atoms with Crippen molar-refractivity contribution in [3.8, 4) is 5.75 Å². The fourth-order valence-electron chi connectivity index (χ4n) is 1.95. The lowest BCUT2D eigenvalue weighted by molar-refractivity contribution is 0.102. The van der Waals surface area contributed by atoms with Crippen molar-refractivity contribution in [3.05, 3.63) is 35.6 Å². The number of hydrogen-bond acceptors (Lipinski definition) is 6. The van der Waals surface area contributed by atoms with E-state index in [1.165, 1.54) is 34.2 Å². The highest BCUT2D eigenvalue weighted by atomic mass is 35.5. The number of furan rings is 1. The van der Waals surface area contributed by atoms with Gasteiger partial charge in [0.15, 0.2) is 0 Å². The van der Waals surface area contributed by atoms with Crippen LogP contribution in [0.2, 0.25) is 0 Å². The summed E-state index contributed by atoms with van der Waals surface area (Å²) in [4.78, 5) is 12.4. The number of anilines is 2. The third kappa shape index (κ3) is 4.25. The van der Waals surface area contributed by atoms with Crippen molar-refractivity contribution in [2.24, 2.45) is 0 Å². The molecule has 1 aromatic heterocycles. The lowest BCUT2D eigenvalue weighted by atomic mass is 10.2. The quantitative estimate of drug-likeness (QED) is 0.756. The summed E-state index contributed by atoms with van der Waals surface area (Å²) in [7, 11) is 0.492. The first-order valence-corrected chi connectivity index (χ1v) is 8.38. The Kier molecular flexibility index (Phi) is 6.47. The molecule has 0 atom stereocenters. The Labute approximate surface area is 152 Å². The number of aryl methyl sites for hydroxylation is 1. The van der Waals surface area contributed by atoms with Crippen LogP contribution in [0.4, 0.5) is 11.4 Å². The standard InChI is InChI=1S/C15H19N3O5S.ClH/c1-9-11(8-14(23-9)24(20,21)18(2)3)15(19)17-13-7-10(22-4)5-6-12(13)16;/h5-8H,16H2,1-4H3,(H,17,19);1H. The summed E-state index contributed by atoms with van der Waals surface area (Å²) in [6.45, 7) is 1.51. The van der Waals surface area contributed by atoms with Gasteiger partial charge in [0.05, 0.1) is 24.0 Å². The molecule has 10 heteroatoms. The molecule has 0 aliphatic carbocycles. The monoisotopic (exact) mass is 389 g/mol. The zero-order valence-electron chi connectivity index (χ0n) is 14.2. The van der Waals surface area contributed by atoms with Gasteiger partial charge in [-0.3, -0.25) is 4.79 Å². The Balaban J connectivity index is 0.00000312. The molecule has 0 radical (unpaired) electrons. The summed E-state index contributed by atoms with van der Waals surface area (Å²) >= 11 is 0. The number of benzene rings is 1. The van der Waals surface area contributed by atoms with E-state index < -0.39 is 15.9 Å². The molecule has 8 nitrogen and oxygen atoms in total. The van der Waals surface area contributed by atoms with Crippen LogP contribution in [0.5, 0.6) is 5.75 Å². The second-order valence-electron chi connectivity index (χ2n) is 5.23. The maximum Gasteiger partial charge on any atom is 0.275 e. The molecule has 0 saturated carbocycles. The topological polar surface area (TPSA) is 115 Å². The van der Waals surface area contributed by atoms with E-state index in [1.807, 2.05) is 0 Å². The van der Waals surface area contributed by atoms with E-state index in [9.17, 15) is 13.2 Å². The average molecular weight is 390 g/mol. The van der Waals surface area contributed by atoms with E-state index in [1.54, 1.807) is 18.2 Å². The number of methoxy groups -OCH3 is 1. The fraction of sp³-hybridized carbons (Fsp3) is 0.267. The summed E-state index contributed by atoms with van der Waals surface area (Å²) in [6.07, 6.45) is 0. The van der Waals surface area contributed by atoms with E-state index >= 15 is 0 Å². The van der Waals surface area contributed by atoms with E-state index in [-0.39, 0.29) is 28.8 Å². The number of amides is 1. The Morgan fingerprint density at radius 3 is 2.48 bits per heavy atom. The Hall–Kier alpha value is -2.23. The van der Waals surface area contributed by atoms with Gasteiger partial charge in [-0.1, -0.05) is 0 Å². The molecule has 2 aromatic rings. The maximum absolute atomic E-state index is 12.4. The number of carbonyl (C=O) groups excluding carboxylic acids is 1. The summed E-state index contributed by atoms with van der Waals surface area (Å²) in [5.41, 5.74) is 6.65. The Morgan fingerprint density at radius 2 is 1.92 bits per heavy atom. The number of carbonyl (C=O) groups is 1. The number of hydrogen-bond donors (Lipinski definition) is 2. The van der Waals surface area contributed by atoms with Gasteiger partial charge in [0.2, 0.25) is 5.09 Å². The second kappa shape index (κ2) is 7.77. The Morgan fingerprint density at radius 1 is 1.28 bits per heavy atom. The highest BCUT2D eigenvalue weighted by molar-refractivity contribution is 7.88. The third-order valence-corrected chi connectivity index (χ3v) is 5.05. The predicted octanol–water partition coefficient (Wildman–Crippen LogP) is 2.10. The van der Waals surface area contributed by atoms with Gasteiger partial charge in [-0.2, -0.15) is 0 Å². The molecule has 0 fully saturated rings. The molecule has 138 valence electrons. The first-order chi connectivity index (χ1) is 11.2. The fourth-order valence-corrected chi connectivity index (χ4v) is 2.80. The predicted molar refractivity (Wildman–Crippen MR) is 96.9 cm³/mol. The third-order valence-electron chi connectivity index (χ3n) is 3.38. The van der Waals surface area contributed by atoms with Crippen LogP contribution in [0.3, 0.4) is 0 Å². The highest BCUT2D eigenvalue weighted by Gasteiger charge is 2.26. The second-order valence-corrected chi connectivity index (χ2v) is 7.31. The molecule has 0 spiro atoms. The van der Waals surface area contributed by atoms with Crippen molar-refractivity contribution in [1.82, 2.24) is 4.31 Å². The zero-order valence-corrected chi connectivity index (χ0v) is 15.8. The molecule has 25 heavy (non-hydrogen) atoms. The summed E-state index contributed by atoms with van der Waals surface area (Å²) < 4.78 is 35.5. The molecule has 1 heterocycles. The van der Waals surface area contributed by atoms with Gasteiger partial charge in [0, 0.05) is 26.2 Å². The molecule has 0 unspecified atom stereocenters. The van der Waals surface area contributed by atoms with E-state index in [0.29, 0.717) is 17.1 Å². The minimum atomic E-state index is -3.76. The van der Waals surface area contributed by atoms with Crippen LogP contribution in [-0.2, 0) is 10.0 Å². The normalized spacial score (nSPS) is 11.1. The molecule has 3 N–H and O–H groups in total. The van der Waals surface area contributed by atoms with Gasteiger partial charge in [-0.05, 0) is 19.1 Å². The summed E-state index contributed by atoms with van der Waals surface area (Å²) in [6, 6.07) is 6.02. The summed E-state index contributed by atoms with van der Waals surface area (Å²) in [5.74, 6) is 0.185. The molecular weight excluding hydrogens is 370 g/mol. The van der Waals surface area contributed by atoms with Crippen LogP contribution >= 0.6 is 12.4 Å². The van der Waals surface area contributed by atoms with E-state index in [0.717, 1.165) is 4.31 Å². The minimum Gasteiger partial charge on any atom is -0.497 e. The number of nitrogens with two attached hydrogens (primary N) is 1. The number of nitrogen functional groups attached to an aromatic ring is 1. The number of nitrogens with zero attached hydrogens (tertiary/aromatic N) is 1. The highest BCUT2D eigenvalue weighted by Crippen LogP contribution is 2.27. The SMILES string of the molecule is COc1ccc(N)c(NC(=O)c2cc(S(=O)(=O)N(C)C)oc2C)c1.Cl. The van der Waals surface area contributed by atoms with Gasteiger partial charge in [-0.15, -0.1) is 12.4 Å². The van der Waals surface area contributed by atoms with Gasteiger partial charge >= 0.3 is 0 Å². The number of nitrogens with one attached hydrogen (secondary N) is 1. The summed E-state index contributed by atoms with van der Waals surface area (Å²) in [5, 5.41) is 2.33. The Bertz CT molecular complexity index is 877. The van der Waals surface area contributed by atoms with Crippen molar-refractivity contribution < 1.29 is 22.4 Å². The maximum atomic E-state index is 12.4. The average Bonchev–Trinajstić information content (AvgIpc) is 2.92. The lowest BCUT2D eigenvalue weighted by Crippen LogP contribution is -2.21. The first-order valence-electron chi connectivity index (χ1n) is 6.94. The van der Waals surface area contributed by atoms with Gasteiger partial charge in [0.25, 0.3) is 15.9 Å². The molecular formula is C15H20ClN3O5S. The van der Waals surface area contributed by atoms with E-state index in [4.69, 9.17) is 14.9 Å². The van der Waals surface area contributed by atoms with Gasteiger partial charge < -0.3 is 20.2 Å². The van der Waals surface area contributed by atoms with Gasteiger partial charge in [0.1, 0.15) is 11.5 Å². The number of halogens is 1. The van der Waals surface area contributed by atoms with Crippen LogP contribution in [0.25, 0.3) is 0 Å². The molecule has 0 aliphatic rings. The molecule has 0 bridgehead atoms. The van der Waals surface area contributed by atoms with Crippen molar-refractivity contribution in [1.29, 1.82) is 0 Å². The largest absolute Gasteiger partial charge is 0.497 e. The van der Waals surface area contributed by atoms with Crippen LogP contribution in [0.15, 0.2) is 33.8 Å². The minimum absolute atomic E-state index is 0. The molecule has 0 aliphatic heterocycles. The molecule has 2 rings (SSSR count). The smallest absolute Gasteiger partial charge is 0.275 e. The van der Waals surface area contributed by atoms with Crippen molar-refractivity contribution in [2.45, 2.75) is 12.0 Å². The number of ether oxygens (including phenoxy) is 1. The van der Waals surface area contributed by atoms with Gasteiger partial charge in [-0.25, -0.2) is 12.7 Å². The van der Waals surface area contributed by atoms with Crippen LogP contribution in [-0.4, -0.2) is 39.8 Å². The van der Waals surface area contributed by atoms with Crippen LogP contribution in [0.1, 0.15) is 16.1 Å². The lowest BCUT2D eigenvalue weighted by Gasteiger charge is -2.09. The first kappa shape index (κ1) is 20.8. The van der Waals surface area contributed by atoms with Crippen molar-refractivity contribution in [3.63, 3.8) is 0 Å². The zero-order chi connectivity index (χ0) is 18.1. The van der Waals surface area contributed by atoms with Crippen molar-refractivity contribution >= 4 is 39.7 Å². The van der Waals surface area contributed by atoms with Crippen molar-refractivity contribution in [2.75, 3.05) is 32.3 Å². The molecule has 0 saturated heterocycles. The number of rotatable bonds is 5. The molecule has 1 aromatic carbocycles. The molecule has 1 amide bonds.